The van der Waals surface area contributed by atoms with Gasteiger partial charge in [0.15, 0.2) is 5.76 Å². The van der Waals surface area contributed by atoms with Gasteiger partial charge in [0.05, 0.1) is 9.95 Å². The van der Waals surface area contributed by atoms with Crippen molar-refractivity contribution in [2.24, 2.45) is 0 Å². The van der Waals surface area contributed by atoms with Crippen LogP contribution in [0.3, 0.4) is 0 Å². The van der Waals surface area contributed by atoms with Crippen molar-refractivity contribution in [1.29, 1.82) is 0 Å². The maximum Gasteiger partial charge on any atom is 0.287 e. The lowest BCUT2D eigenvalue weighted by Gasteiger charge is -2.06. The van der Waals surface area contributed by atoms with Crippen LogP contribution in [-0.2, 0) is 6.54 Å². The molecule has 0 fully saturated rings. The first-order chi connectivity index (χ1) is 12.5. The summed E-state index contributed by atoms with van der Waals surface area (Å²) in [5.41, 5.74) is 0.709. The number of non-ortho nitro benzene ring substituents is 1. The molecule has 8 heteroatoms. The number of nitro benzene ring substituents is 1. The van der Waals surface area contributed by atoms with Crippen LogP contribution in [0.25, 0.3) is 11.3 Å². The smallest absolute Gasteiger partial charge is 0.287 e. The van der Waals surface area contributed by atoms with Gasteiger partial charge in [0.2, 0.25) is 0 Å². The Balaban J connectivity index is 1.73. The van der Waals surface area contributed by atoms with Crippen LogP contribution in [0.15, 0.2) is 59.0 Å². The Morgan fingerprint density at radius 3 is 2.69 bits per heavy atom. The normalized spacial score (nSPS) is 10.5. The molecule has 0 unspecified atom stereocenters. The fourth-order valence-electron chi connectivity index (χ4n) is 2.36. The minimum Gasteiger partial charge on any atom is -0.508 e. The van der Waals surface area contributed by atoms with Gasteiger partial charge in [-0.1, -0.05) is 23.7 Å². The fraction of sp³-hybridized carbons (Fsp3) is 0.0556. The van der Waals surface area contributed by atoms with E-state index in [1.165, 1.54) is 24.3 Å². The number of nitrogens with one attached hydrogen (secondary N) is 1. The van der Waals surface area contributed by atoms with Gasteiger partial charge in [0, 0.05) is 29.8 Å². The zero-order chi connectivity index (χ0) is 18.7. The van der Waals surface area contributed by atoms with Gasteiger partial charge in [0.1, 0.15) is 11.5 Å². The van der Waals surface area contributed by atoms with Crippen LogP contribution in [0.4, 0.5) is 5.69 Å². The number of aromatic hydroxyl groups is 1. The molecular formula is C18H13ClN2O5. The second kappa shape index (κ2) is 7.28. The number of phenolic OH excluding ortho intramolecular Hbond substituents is 1. The third-order valence-corrected chi connectivity index (χ3v) is 4.01. The van der Waals surface area contributed by atoms with Crippen molar-refractivity contribution < 1.29 is 19.2 Å². The number of benzene rings is 2. The molecule has 132 valence electrons. The molecule has 2 aromatic carbocycles. The lowest BCUT2D eigenvalue weighted by atomic mass is 10.1. The molecule has 7 nitrogen and oxygen atoms in total. The first-order valence-electron chi connectivity index (χ1n) is 7.55. The maximum atomic E-state index is 12.2. The minimum absolute atomic E-state index is 0.0600. The number of hydrogen-bond acceptors (Lipinski definition) is 5. The molecule has 2 N–H and O–H groups in total. The van der Waals surface area contributed by atoms with Crippen LogP contribution in [-0.4, -0.2) is 15.9 Å². The Morgan fingerprint density at radius 1 is 1.19 bits per heavy atom. The van der Waals surface area contributed by atoms with Crippen LogP contribution in [0.2, 0.25) is 5.02 Å². The molecule has 0 bridgehead atoms. The van der Waals surface area contributed by atoms with Crippen molar-refractivity contribution in [3.63, 3.8) is 0 Å². The third-order valence-electron chi connectivity index (χ3n) is 3.68. The van der Waals surface area contributed by atoms with E-state index >= 15 is 0 Å². The number of nitrogens with zero attached hydrogens (tertiary/aromatic N) is 1. The van der Waals surface area contributed by atoms with E-state index in [4.69, 9.17) is 16.0 Å². The Bertz CT molecular complexity index is 983. The average molecular weight is 373 g/mol. The molecule has 1 amide bonds. The second-order valence-electron chi connectivity index (χ2n) is 5.40. The summed E-state index contributed by atoms with van der Waals surface area (Å²) in [7, 11) is 0. The highest BCUT2D eigenvalue weighted by Crippen LogP contribution is 2.29. The van der Waals surface area contributed by atoms with E-state index in [1.54, 1.807) is 30.3 Å². The summed E-state index contributed by atoms with van der Waals surface area (Å²) >= 11 is 6.10. The highest BCUT2D eigenvalue weighted by molar-refractivity contribution is 6.33. The number of rotatable bonds is 5. The molecule has 0 radical (unpaired) electrons. The summed E-state index contributed by atoms with van der Waals surface area (Å²) in [5, 5.41) is 23.6. The lowest BCUT2D eigenvalue weighted by Crippen LogP contribution is -2.22. The summed E-state index contributed by atoms with van der Waals surface area (Å²) in [4.78, 5) is 22.4. The summed E-state index contributed by atoms with van der Waals surface area (Å²) in [5.74, 6) is -0.162. The molecule has 0 aliphatic heterocycles. The summed E-state index contributed by atoms with van der Waals surface area (Å²) in [6, 6.07) is 13.8. The van der Waals surface area contributed by atoms with Crippen molar-refractivity contribution in [3.8, 4) is 17.1 Å². The van der Waals surface area contributed by atoms with Gasteiger partial charge in [-0.25, -0.2) is 0 Å². The molecular weight excluding hydrogens is 360 g/mol. The van der Waals surface area contributed by atoms with Gasteiger partial charge < -0.3 is 14.8 Å². The Labute approximate surface area is 153 Å². The van der Waals surface area contributed by atoms with Crippen molar-refractivity contribution in [3.05, 3.63) is 81.1 Å². The molecule has 0 aliphatic rings. The van der Waals surface area contributed by atoms with E-state index in [9.17, 15) is 20.0 Å². The number of furan rings is 1. The fourth-order valence-corrected chi connectivity index (χ4v) is 2.58. The van der Waals surface area contributed by atoms with E-state index in [-0.39, 0.29) is 29.3 Å². The highest BCUT2D eigenvalue weighted by Gasteiger charge is 2.15. The van der Waals surface area contributed by atoms with E-state index in [0.717, 1.165) is 0 Å². The van der Waals surface area contributed by atoms with Crippen LogP contribution in [0.1, 0.15) is 16.1 Å². The minimum atomic E-state index is -0.576. The number of hydrogen-bond donors (Lipinski definition) is 2. The van der Waals surface area contributed by atoms with Gasteiger partial charge in [-0.2, -0.15) is 0 Å². The maximum absolute atomic E-state index is 12.2. The number of carbonyl (C=O) groups is 1. The number of carbonyl (C=O) groups excluding carboxylic acids is 1. The van der Waals surface area contributed by atoms with Crippen LogP contribution in [0.5, 0.6) is 5.75 Å². The molecule has 0 saturated heterocycles. The van der Waals surface area contributed by atoms with E-state index in [1.807, 2.05) is 0 Å². The molecule has 3 rings (SSSR count). The Hall–Kier alpha value is -3.32. The Kier molecular flexibility index (Phi) is 4.90. The Morgan fingerprint density at radius 2 is 1.96 bits per heavy atom. The van der Waals surface area contributed by atoms with Crippen LogP contribution < -0.4 is 5.32 Å². The van der Waals surface area contributed by atoms with Crippen LogP contribution >= 0.6 is 11.6 Å². The van der Waals surface area contributed by atoms with Gasteiger partial charge in [0.25, 0.3) is 11.6 Å². The summed E-state index contributed by atoms with van der Waals surface area (Å²) in [6.45, 7) is -0.0888. The molecule has 0 saturated carbocycles. The first-order valence-corrected chi connectivity index (χ1v) is 7.92. The highest BCUT2D eigenvalue weighted by atomic mass is 35.5. The van der Waals surface area contributed by atoms with Gasteiger partial charge in [-0.3, -0.25) is 14.9 Å². The predicted octanol–water partition coefficient (Wildman–Crippen LogP) is 4.14. The molecule has 26 heavy (non-hydrogen) atoms. The van der Waals surface area contributed by atoms with Crippen molar-refractivity contribution in [2.75, 3.05) is 0 Å². The average Bonchev–Trinajstić information content (AvgIpc) is 3.11. The largest absolute Gasteiger partial charge is 0.508 e. The summed E-state index contributed by atoms with van der Waals surface area (Å²) < 4.78 is 5.53. The molecule has 3 aromatic rings. The molecule has 1 aromatic heterocycles. The molecule has 0 spiro atoms. The zero-order valence-corrected chi connectivity index (χ0v) is 14.1. The molecule has 1 heterocycles. The van der Waals surface area contributed by atoms with Gasteiger partial charge in [-0.15, -0.1) is 0 Å². The van der Waals surface area contributed by atoms with Gasteiger partial charge >= 0.3 is 0 Å². The molecule has 0 atom stereocenters. The SMILES string of the molecule is O=C(NCc1cc([N+](=O)[O-])ccc1O)c1ccc(-c2ccccc2Cl)o1. The number of halogens is 1. The van der Waals surface area contributed by atoms with E-state index in [0.29, 0.717) is 16.3 Å². The van der Waals surface area contributed by atoms with Crippen LogP contribution in [0, 0.1) is 10.1 Å². The summed E-state index contributed by atoms with van der Waals surface area (Å²) in [6.07, 6.45) is 0. The number of phenols is 1. The lowest BCUT2D eigenvalue weighted by molar-refractivity contribution is -0.384. The molecule has 0 aliphatic carbocycles. The third kappa shape index (κ3) is 3.68. The van der Waals surface area contributed by atoms with E-state index in [2.05, 4.69) is 5.32 Å². The topological polar surface area (TPSA) is 106 Å². The van der Waals surface area contributed by atoms with Crippen molar-refractivity contribution >= 4 is 23.2 Å². The number of nitro groups is 1. The van der Waals surface area contributed by atoms with Crippen molar-refractivity contribution in [1.82, 2.24) is 5.32 Å². The quantitative estimate of drug-likeness (QED) is 0.517. The first kappa shape index (κ1) is 17.5. The number of amides is 1. The van der Waals surface area contributed by atoms with Gasteiger partial charge in [-0.05, 0) is 30.3 Å². The zero-order valence-electron chi connectivity index (χ0n) is 13.3. The van der Waals surface area contributed by atoms with Crippen molar-refractivity contribution in [2.45, 2.75) is 6.54 Å². The standard InChI is InChI=1S/C18H13ClN2O5/c19-14-4-2-1-3-13(14)16-7-8-17(26-16)18(23)20-10-11-9-12(21(24)25)5-6-15(11)22/h1-9,22H,10H2,(H,20,23). The second-order valence-corrected chi connectivity index (χ2v) is 5.80. The van der Waals surface area contributed by atoms with E-state index < -0.39 is 10.8 Å². The monoisotopic (exact) mass is 372 g/mol. The predicted molar refractivity (Wildman–Crippen MR) is 95.1 cm³/mol.